The Morgan fingerprint density at radius 1 is 0.277 bits per heavy atom. The number of hydrogen-bond donors (Lipinski definition) is 0. The van der Waals surface area contributed by atoms with Crippen LogP contribution in [0.5, 0.6) is 23.0 Å². The maximum absolute atomic E-state index is 6.42. The average molecular weight is 1720 g/mol. The van der Waals surface area contributed by atoms with Crippen molar-refractivity contribution in [1.29, 1.82) is 0 Å². The summed E-state index contributed by atoms with van der Waals surface area (Å²) in [6, 6.07) is 82.8. The number of halogens is 2. The molecule has 606 valence electrons. The summed E-state index contributed by atoms with van der Waals surface area (Å²) in [5.74, 6) is 5.57. The van der Waals surface area contributed by atoms with Crippen molar-refractivity contribution in [3.63, 3.8) is 0 Å². The van der Waals surface area contributed by atoms with Crippen LogP contribution in [0, 0.1) is 27.7 Å². The van der Waals surface area contributed by atoms with E-state index in [0.717, 1.165) is 23.0 Å². The van der Waals surface area contributed by atoms with E-state index in [1.54, 1.807) is 65.3 Å². The third kappa shape index (κ3) is 14.4. The van der Waals surface area contributed by atoms with Crippen LogP contribution in [0.1, 0.15) is 217 Å². The van der Waals surface area contributed by atoms with Gasteiger partial charge in [0.25, 0.3) is 0 Å². The average Bonchev–Trinajstić information content (AvgIpc) is 1.69. The van der Waals surface area contributed by atoms with Crippen LogP contribution in [0.4, 0.5) is 0 Å². The Balaban J connectivity index is 0.000000158. The Morgan fingerprint density at radius 3 is 0.597 bits per heavy atom. The van der Waals surface area contributed by atoms with Crippen LogP contribution in [-0.4, -0.2) is 44.0 Å². The summed E-state index contributed by atoms with van der Waals surface area (Å²) < 4.78 is 25.7. The summed E-state index contributed by atoms with van der Waals surface area (Å²) >= 11 is -0.826. The van der Waals surface area contributed by atoms with Gasteiger partial charge in [0.15, 0.2) is 0 Å². The number of aryl methyl sites for hydroxylation is 4. The van der Waals surface area contributed by atoms with Crippen LogP contribution in [0.25, 0.3) is 86.2 Å². The minimum absolute atomic E-state index is 0.361. The molecule has 0 saturated carbocycles. The first-order valence-electron chi connectivity index (χ1n) is 44.8. The topological polar surface area (TPSA) is 36.9 Å². The zero-order valence-electron chi connectivity index (χ0n) is 71.3. The summed E-state index contributed by atoms with van der Waals surface area (Å²) in [5.41, 5.74) is 25.2. The molecule has 0 bridgehead atoms. The molecule has 0 spiro atoms. The van der Waals surface area contributed by atoms with E-state index < -0.39 is 38.4 Å². The van der Waals surface area contributed by atoms with E-state index in [2.05, 4.69) is 287 Å². The van der Waals surface area contributed by atoms with Crippen molar-refractivity contribution in [3.05, 3.63) is 307 Å². The van der Waals surface area contributed by atoms with Gasteiger partial charge in [0, 0.05) is 43.1 Å². The zero-order valence-corrected chi connectivity index (χ0v) is 77.6. The van der Waals surface area contributed by atoms with Crippen LogP contribution in [0.3, 0.4) is 0 Å². The number of rotatable bonds is 16. The molecule has 9 heteroatoms. The summed E-state index contributed by atoms with van der Waals surface area (Å²) in [5, 5.41) is 27.7. The van der Waals surface area contributed by atoms with Crippen molar-refractivity contribution in [2.45, 2.75) is 195 Å². The van der Waals surface area contributed by atoms with Gasteiger partial charge in [-0.3, -0.25) is 0 Å². The minimum atomic E-state index is -1.59. The molecule has 0 aliphatic heterocycles. The molecule has 16 aromatic rings. The van der Waals surface area contributed by atoms with Crippen LogP contribution in [0.2, 0.25) is 13.1 Å². The second-order valence-electron chi connectivity index (χ2n) is 34.5. The van der Waals surface area contributed by atoms with Gasteiger partial charge in [-0.2, -0.15) is 87.5 Å². The van der Waals surface area contributed by atoms with Crippen LogP contribution < -0.4 is 39.7 Å². The third-order valence-corrected chi connectivity index (χ3v) is 34.7. The van der Waals surface area contributed by atoms with Gasteiger partial charge in [-0.1, -0.05) is 338 Å². The first kappa shape index (κ1) is 81.2. The van der Waals surface area contributed by atoms with Crippen molar-refractivity contribution in [3.8, 4) is 23.0 Å². The molecule has 4 unspecified atom stereocenters. The summed E-state index contributed by atoms with van der Waals surface area (Å²) in [6.45, 7) is 26.2. The van der Waals surface area contributed by atoms with E-state index in [9.17, 15) is 0 Å². The molecule has 20 rings (SSSR count). The predicted octanol–water partition coefficient (Wildman–Crippen LogP) is 27.1. The van der Waals surface area contributed by atoms with Gasteiger partial charge in [0.05, 0.1) is 26.4 Å². The second kappa shape index (κ2) is 35.3. The summed E-state index contributed by atoms with van der Waals surface area (Å²) in [6.07, 6.45) is 19.5. The number of hydrogen-bond acceptors (Lipinski definition) is 4. The molecule has 0 heterocycles. The Kier molecular flexibility index (Phi) is 24.1. The first-order chi connectivity index (χ1) is 58.4. The fourth-order valence-corrected chi connectivity index (χ4v) is 30.8. The van der Waals surface area contributed by atoms with Gasteiger partial charge >= 0.3 is 37.9 Å². The molecule has 16 aromatic carbocycles. The maximum atomic E-state index is 6.42. The van der Waals surface area contributed by atoms with Gasteiger partial charge in [-0.25, -0.2) is 24.3 Å². The molecule has 4 aliphatic carbocycles. The predicted molar refractivity (Wildman–Crippen MR) is 511 cm³/mol. The molecule has 0 N–H and O–H groups in total. The first-order valence-corrected chi connectivity index (χ1v) is 55.7. The third-order valence-electron chi connectivity index (χ3n) is 28.0. The fourth-order valence-electron chi connectivity index (χ4n) is 23.8. The van der Waals surface area contributed by atoms with E-state index >= 15 is 0 Å². The monoisotopic (exact) mass is 1710 g/mol. The molecule has 119 heavy (non-hydrogen) atoms. The summed E-state index contributed by atoms with van der Waals surface area (Å²) in [7, 11) is 6.70. The Bertz CT molecular complexity index is 5480. The van der Waals surface area contributed by atoms with Crippen LogP contribution >= 0.6 is 17.0 Å². The molecule has 4 atom stereocenters. The van der Waals surface area contributed by atoms with E-state index in [1.165, 1.54) is 233 Å². The van der Waals surface area contributed by atoms with Crippen LogP contribution in [-0.2, 0) is 46.5 Å². The van der Waals surface area contributed by atoms with Crippen molar-refractivity contribution >= 4 is 142 Å². The molecule has 0 amide bonds. The van der Waals surface area contributed by atoms with E-state index in [-0.39, 0.29) is 0 Å². The molecular weight excluding hydrogens is 1600 g/mol. The van der Waals surface area contributed by atoms with Gasteiger partial charge in [-0.05, 0) is 134 Å². The molecular formula is C110H112Cl2O4Si2Zr-4. The Hall–Kier alpha value is -8.78. The van der Waals surface area contributed by atoms with Gasteiger partial charge < -0.3 is 18.9 Å². The van der Waals surface area contributed by atoms with Gasteiger partial charge in [-0.15, -0.1) is 0 Å². The number of ether oxygens (including phenoxy) is 4. The zero-order chi connectivity index (χ0) is 81.7. The van der Waals surface area contributed by atoms with Gasteiger partial charge in [0.1, 0.15) is 23.0 Å². The second-order valence-corrected chi connectivity index (χ2v) is 43.4. The molecule has 4 aliphatic rings. The Labute approximate surface area is 726 Å². The summed E-state index contributed by atoms with van der Waals surface area (Å²) in [4.78, 5) is 0. The quantitative estimate of drug-likeness (QED) is 0.0418. The normalized spacial score (nSPS) is 17.3. The molecule has 0 fully saturated rings. The van der Waals surface area contributed by atoms with Crippen LogP contribution in [0.15, 0.2) is 218 Å². The van der Waals surface area contributed by atoms with Crippen molar-refractivity contribution in [2.24, 2.45) is 0 Å². The molecule has 0 aromatic heterocycles. The SMILES string of the molecule is CCOc1c2ccccc2c(C2CCCCc3c2cc(C)[c-]3[SiH](C)[c-]2c(C)cc3c2CCCCC3c2c3ccccc3c(OCC)c3ccccc23)c2ccccc12.CCOc1c2ccccc2c(C2CCCCc3c2cc(C)[c-]3[SiH](C)[c-]2c(C)cc3c2CCCCC3c2c3ccccc3c(OCC)c3ccccc23)c2ccccc12.[Cl][Zr][Cl]. The Morgan fingerprint density at radius 2 is 0.437 bits per heavy atom. The van der Waals surface area contributed by atoms with E-state index in [1.807, 2.05) is 0 Å². The van der Waals surface area contributed by atoms with E-state index in [4.69, 9.17) is 36.0 Å². The van der Waals surface area contributed by atoms with Crippen molar-refractivity contribution < 1.29 is 39.8 Å². The number of fused-ring (bicyclic) bond motifs is 12. The fraction of sp³-hybridized carbons (Fsp3) is 0.309. The van der Waals surface area contributed by atoms with Crippen molar-refractivity contribution in [1.82, 2.24) is 0 Å². The molecule has 0 radical (unpaired) electrons. The standard InChI is InChI=1S/2C55H56O2Si.2ClH.Zr/c2*1-6-56-52-42-26-14-8-20-36(42)50(37-21-9-15-27-43(37)52)40-24-12-18-30-46-48(40)32-34(3)54(46)58(5)55-35(4)33-49-41(25-13-19-31-47(49)55)51-38-22-10-16-28-44(38)53(57-7-2)45-29-17-11-23-39(45)51;;;/h2*8-11,14-17,20-23,26-29,32-33,40-41,58H,6-7,12-13,18-19,24-25,30-31H2,1-5H3;2*1H;/q2*-2;;;+2/p-2. The molecule has 0 saturated heterocycles. The van der Waals surface area contributed by atoms with Gasteiger partial charge in [0.2, 0.25) is 0 Å². The molecule has 4 nitrogen and oxygen atoms in total. The van der Waals surface area contributed by atoms with E-state index in [0.29, 0.717) is 50.1 Å². The number of benzene rings is 12. The van der Waals surface area contributed by atoms with Crippen molar-refractivity contribution in [2.75, 3.05) is 26.4 Å².